The van der Waals surface area contributed by atoms with Crippen molar-refractivity contribution in [2.75, 3.05) is 0 Å². The van der Waals surface area contributed by atoms with Crippen LogP contribution in [0.15, 0.2) is 84.0 Å². The van der Waals surface area contributed by atoms with Gasteiger partial charge in [0.15, 0.2) is 11.0 Å². The molecule has 0 aliphatic carbocycles. The van der Waals surface area contributed by atoms with E-state index in [9.17, 15) is 26.3 Å². The van der Waals surface area contributed by atoms with Gasteiger partial charge in [-0.2, -0.15) is 26.3 Å². The zero-order valence-corrected chi connectivity index (χ0v) is 17.5. The quantitative estimate of drug-likeness (QED) is 0.223. The Balaban J connectivity index is 1.77. The molecule has 3 nitrogen and oxygen atoms in total. The van der Waals surface area contributed by atoms with Crippen LogP contribution in [0.5, 0.6) is 0 Å². The van der Waals surface area contributed by atoms with Crippen molar-refractivity contribution in [3.05, 3.63) is 95.6 Å². The van der Waals surface area contributed by atoms with Crippen LogP contribution in [0.1, 0.15) is 16.7 Å². The second-order valence-corrected chi connectivity index (χ2v) is 7.94. The predicted molar refractivity (Wildman–Crippen MR) is 113 cm³/mol. The zero-order chi connectivity index (χ0) is 23.6. The maximum atomic E-state index is 13.4. The SMILES string of the molecule is FC(F)(F)c1cccc(-n2c(SCc3ccccc3C(F)(F)F)nnc2-c2ccccc2)c1. The van der Waals surface area contributed by atoms with Gasteiger partial charge in [0, 0.05) is 11.3 Å². The fourth-order valence-electron chi connectivity index (χ4n) is 3.26. The van der Waals surface area contributed by atoms with Crippen LogP contribution in [0.3, 0.4) is 0 Å². The Hall–Kier alpha value is -3.27. The third-order valence-electron chi connectivity index (χ3n) is 4.78. The van der Waals surface area contributed by atoms with Crippen molar-refractivity contribution in [2.45, 2.75) is 23.3 Å². The molecule has 0 radical (unpaired) electrons. The summed E-state index contributed by atoms with van der Waals surface area (Å²) in [6, 6.07) is 18.5. The summed E-state index contributed by atoms with van der Waals surface area (Å²) in [5.74, 6) is 0.184. The third kappa shape index (κ3) is 5.05. The van der Waals surface area contributed by atoms with E-state index in [0.29, 0.717) is 5.56 Å². The number of nitrogens with zero attached hydrogens (tertiary/aromatic N) is 3. The molecule has 0 saturated carbocycles. The Morgan fingerprint density at radius 3 is 2.12 bits per heavy atom. The van der Waals surface area contributed by atoms with Crippen molar-refractivity contribution in [1.29, 1.82) is 0 Å². The molecule has 0 N–H and O–H groups in total. The number of aromatic nitrogens is 3. The van der Waals surface area contributed by atoms with Crippen molar-refractivity contribution in [2.24, 2.45) is 0 Å². The zero-order valence-electron chi connectivity index (χ0n) is 16.7. The fraction of sp³-hybridized carbons (Fsp3) is 0.130. The highest BCUT2D eigenvalue weighted by atomic mass is 32.2. The van der Waals surface area contributed by atoms with E-state index >= 15 is 0 Å². The van der Waals surface area contributed by atoms with Crippen molar-refractivity contribution >= 4 is 11.8 Å². The van der Waals surface area contributed by atoms with Gasteiger partial charge in [-0.15, -0.1) is 10.2 Å². The highest BCUT2D eigenvalue weighted by molar-refractivity contribution is 7.98. The fourth-order valence-corrected chi connectivity index (χ4v) is 4.21. The first kappa shape index (κ1) is 22.9. The Morgan fingerprint density at radius 2 is 1.42 bits per heavy atom. The van der Waals surface area contributed by atoms with E-state index in [4.69, 9.17) is 0 Å². The molecule has 0 atom stereocenters. The normalized spacial score (nSPS) is 12.2. The summed E-state index contributed by atoms with van der Waals surface area (Å²) >= 11 is 0.962. The summed E-state index contributed by atoms with van der Waals surface area (Å²) in [7, 11) is 0. The molecule has 0 bridgehead atoms. The standard InChI is InChI=1S/C23H15F6N3S/c24-22(25,26)17-10-6-11-18(13-17)32-20(15-7-2-1-3-8-15)30-31-21(32)33-14-16-9-4-5-12-19(16)23(27,28)29/h1-13H,14H2. The summed E-state index contributed by atoms with van der Waals surface area (Å²) < 4.78 is 81.4. The maximum Gasteiger partial charge on any atom is 0.416 e. The molecule has 0 fully saturated rings. The number of alkyl halides is 6. The molecule has 0 aliphatic heterocycles. The molecule has 10 heteroatoms. The molecule has 1 heterocycles. The molecule has 4 rings (SSSR count). The molecule has 0 amide bonds. The van der Waals surface area contributed by atoms with Gasteiger partial charge < -0.3 is 0 Å². The first-order valence-corrected chi connectivity index (χ1v) is 10.6. The van der Waals surface area contributed by atoms with E-state index in [2.05, 4.69) is 10.2 Å². The lowest BCUT2D eigenvalue weighted by molar-refractivity contribution is -0.138. The molecule has 0 saturated heterocycles. The molecule has 4 aromatic rings. The summed E-state index contributed by atoms with van der Waals surface area (Å²) in [5, 5.41) is 8.38. The smallest absolute Gasteiger partial charge is 0.270 e. The number of thioether (sulfide) groups is 1. The monoisotopic (exact) mass is 479 g/mol. The molecule has 0 spiro atoms. The second-order valence-electron chi connectivity index (χ2n) is 7.00. The van der Waals surface area contributed by atoms with Crippen molar-refractivity contribution in [3.63, 3.8) is 0 Å². The van der Waals surface area contributed by atoms with E-state index in [1.165, 1.54) is 34.9 Å². The lowest BCUT2D eigenvalue weighted by Gasteiger charge is -2.14. The minimum absolute atomic E-state index is 0.0369. The summed E-state index contributed by atoms with van der Waals surface area (Å²) in [5.41, 5.74) is -0.836. The molecule has 3 aromatic carbocycles. The van der Waals surface area contributed by atoms with Gasteiger partial charge in [0.25, 0.3) is 0 Å². The van der Waals surface area contributed by atoms with Gasteiger partial charge in [-0.25, -0.2) is 0 Å². The highest BCUT2D eigenvalue weighted by Crippen LogP contribution is 2.37. The van der Waals surface area contributed by atoms with Crippen molar-refractivity contribution in [3.8, 4) is 17.1 Å². The van der Waals surface area contributed by atoms with E-state index in [1.54, 1.807) is 30.3 Å². The number of hydrogen-bond acceptors (Lipinski definition) is 3. The first-order chi connectivity index (χ1) is 15.6. The van der Waals surface area contributed by atoms with Crippen LogP contribution in [0, 0.1) is 0 Å². The van der Waals surface area contributed by atoms with Gasteiger partial charge >= 0.3 is 12.4 Å². The van der Waals surface area contributed by atoms with Crippen LogP contribution in [-0.2, 0) is 18.1 Å². The number of halogens is 6. The van der Waals surface area contributed by atoms with Gasteiger partial charge in [0.05, 0.1) is 16.8 Å². The number of hydrogen-bond donors (Lipinski definition) is 0. The van der Waals surface area contributed by atoms with Gasteiger partial charge in [0.2, 0.25) is 0 Å². The van der Waals surface area contributed by atoms with Crippen molar-refractivity contribution in [1.82, 2.24) is 14.8 Å². The summed E-state index contributed by atoms with van der Waals surface area (Å²) in [6.07, 6.45) is -9.09. The average molecular weight is 479 g/mol. The van der Waals surface area contributed by atoms with E-state index < -0.39 is 23.5 Å². The second kappa shape index (κ2) is 8.93. The Kier molecular flexibility index (Phi) is 6.20. The first-order valence-electron chi connectivity index (χ1n) is 9.61. The summed E-state index contributed by atoms with van der Waals surface area (Å²) in [6.45, 7) is 0. The summed E-state index contributed by atoms with van der Waals surface area (Å²) in [4.78, 5) is 0. The molecular weight excluding hydrogens is 464 g/mol. The lowest BCUT2D eigenvalue weighted by Crippen LogP contribution is -2.09. The largest absolute Gasteiger partial charge is 0.416 e. The molecule has 1 aromatic heterocycles. The molecule has 0 aliphatic rings. The third-order valence-corrected chi connectivity index (χ3v) is 5.75. The van der Waals surface area contributed by atoms with E-state index in [1.807, 2.05) is 0 Å². The van der Waals surface area contributed by atoms with Crippen LogP contribution in [0.25, 0.3) is 17.1 Å². The van der Waals surface area contributed by atoms with E-state index in [-0.39, 0.29) is 28.0 Å². The minimum atomic E-state index is -4.56. The van der Waals surface area contributed by atoms with Crippen LogP contribution in [-0.4, -0.2) is 14.8 Å². The molecule has 33 heavy (non-hydrogen) atoms. The molecular formula is C23H15F6N3S. The average Bonchev–Trinajstić information content (AvgIpc) is 3.21. The van der Waals surface area contributed by atoms with Crippen molar-refractivity contribution < 1.29 is 26.3 Å². The number of rotatable bonds is 5. The van der Waals surface area contributed by atoms with Crippen LogP contribution >= 0.6 is 11.8 Å². The lowest BCUT2D eigenvalue weighted by atomic mass is 10.1. The minimum Gasteiger partial charge on any atom is -0.270 e. The van der Waals surface area contributed by atoms with Crippen LogP contribution in [0.2, 0.25) is 0 Å². The number of benzene rings is 3. The van der Waals surface area contributed by atoms with Gasteiger partial charge in [-0.05, 0) is 29.8 Å². The molecule has 170 valence electrons. The van der Waals surface area contributed by atoms with Gasteiger partial charge in [-0.3, -0.25) is 4.57 Å². The maximum absolute atomic E-state index is 13.4. The van der Waals surface area contributed by atoms with Crippen LogP contribution in [0.4, 0.5) is 26.3 Å². The Morgan fingerprint density at radius 1 is 0.727 bits per heavy atom. The Bertz CT molecular complexity index is 1250. The Labute approximate surface area is 189 Å². The van der Waals surface area contributed by atoms with Gasteiger partial charge in [-0.1, -0.05) is 66.4 Å². The van der Waals surface area contributed by atoms with Crippen LogP contribution < -0.4 is 0 Å². The van der Waals surface area contributed by atoms with Gasteiger partial charge in [0.1, 0.15) is 0 Å². The van der Waals surface area contributed by atoms with E-state index in [0.717, 1.165) is 30.0 Å². The molecule has 0 unspecified atom stereocenters. The topological polar surface area (TPSA) is 30.7 Å². The predicted octanol–water partition coefficient (Wildman–Crippen LogP) is 7.26. The highest BCUT2D eigenvalue weighted by Gasteiger charge is 2.33.